The predicted molar refractivity (Wildman–Crippen MR) is 52.3 cm³/mol. The van der Waals surface area contributed by atoms with Crippen LogP contribution in [0.5, 0.6) is 0 Å². The van der Waals surface area contributed by atoms with Gasteiger partial charge >= 0.3 is 12.0 Å². The van der Waals surface area contributed by atoms with Gasteiger partial charge in [-0.25, -0.2) is 9.59 Å². The van der Waals surface area contributed by atoms with Gasteiger partial charge in [0.25, 0.3) is 0 Å². The lowest BCUT2D eigenvalue weighted by Gasteiger charge is -2.13. The number of hydrogen-bond donors (Lipinski definition) is 4. The first-order valence-electron chi connectivity index (χ1n) is 4.70. The average molecular weight is 214 g/mol. The summed E-state index contributed by atoms with van der Waals surface area (Å²) in [6, 6.07) is -0.379. The third-order valence-electron chi connectivity index (χ3n) is 2.08. The van der Waals surface area contributed by atoms with Crippen LogP contribution >= 0.6 is 0 Å². The van der Waals surface area contributed by atoms with Crippen LogP contribution in [0.15, 0.2) is 12.2 Å². The highest BCUT2D eigenvalue weighted by molar-refractivity contribution is 5.76. The smallest absolute Gasteiger partial charge is 0.334 e. The molecular weight excluding hydrogens is 200 g/mol. The van der Waals surface area contributed by atoms with Crippen molar-refractivity contribution in [1.29, 1.82) is 0 Å². The van der Waals surface area contributed by atoms with Crippen molar-refractivity contribution in [2.24, 2.45) is 0 Å². The van der Waals surface area contributed by atoms with Crippen molar-refractivity contribution in [1.82, 2.24) is 10.6 Å². The second kappa shape index (κ2) is 5.35. The molecule has 0 saturated heterocycles. The molecule has 2 amide bonds. The van der Waals surface area contributed by atoms with E-state index in [9.17, 15) is 9.59 Å². The number of aliphatic hydroxyl groups excluding tert-OH is 1. The highest BCUT2D eigenvalue weighted by atomic mass is 16.4. The quantitative estimate of drug-likeness (QED) is 0.472. The first kappa shape index (κ1) is 11.5. The molecule has 6 nitrogen and oxygen atoms in total. The van der Waals surface area contributed by atoms with E-state index in [1.54, 1.807) is 0 Å². The van der Waals surface area contributed by atoms with Gasteiger partial charge in [-0.05, 0) is 12.8 Å². The van der Waals surface area contributed by atoms with E-state index in [4.69, 9.17) is 10.2 Å². The molecule has 4 N–H and O–H groups in total. The SMILES string of the molecule is O=C(NC[C@H](O)C(=O)O)NC1CC=CC1. The summed E-state index contributed by atoms with van der Waals surface area (Å²) in [5.74, 6) is -1.35. The molecule has 0 aromatic rings. The minimum absolute atomic E-state index is 0.0759. The number of nitrogens with one attached hydrogen (secondary N) is 2. The molecule has 0 heterocycles. The van der Waals surface area contributed by atoms with Crippen LogP contribution in [-0.2, 0) is 4.79 Å². The van der Waals surface area contributed by atoms with E-state index in [1.165, 1.54) is 0 Å². The lowest BCUT2D eigenvalue weighted by Crippen LogP contribution is -2.45. The van der Waals surface area contributed by atoms with Crippen LogP contribution in [0.1, 0.15) is 12.8 Å². The maximum absolute atomic E-state index is 11.2. The molecule has 1 atom stereocenters. The Labute approximate surface area is 87.0 Å². The fraction of sp³-hybridized carbons (Fsp3) is 0.556. The van der Waals surface area contributed by atoms with E-state index in [0.29, 0.717) is 0 Å². The van der Waals surface area contributed by atoms with Gasteiger partial charge in [-0.1, -0.05) is 12.2 Å². The van der Waals surface area contributed by atoms with Gasteiger partial charge in [0.2, 0.25) is 0 Å². The minimum atomic E-state index is -1.56. The first-order valence-corrected chi connectivity index (χ1v) is 4.70. The van der Waals surface area contributed by atoms with Gasteiger partial charge < -0.3 is 20.8 Å². The second-order valence-electron chi connectivity index (χ2n) is 3.35. The summed E-state index contributed by atoms with van der Waals surface area (Å²) in [7, 11) is 0. The third kappa shape index (κ3) is 3.99. The van der Waals surface area contributed by atoms with Gasteiger partial charge in [0, 0.05) is 6.04 Å². The van der Waals surface area contributed by atoms with Gasteiger partial charge in [0.15, 0.2) is 6.10 Å². The fourth-order valence-electron chi connectivity index (χ4n) is 1.25. The summed E-state index contributed by atoms with van der Waals surface area (Å²) in [5.41, 5.74) is 0. The Morgan fingerprint density at radius 2 is 2.00 bits per heavy atom. The molecule has 1 rings (SSSR count). The molecule has 1 aliphatic carbocycles. The molecule has 0 saturated carbocycles. The Morgan fingerprint density at radius 3 is 2.53 bits per heavy atom. The van der Waals surface area contributed by atoms with Gasteiger partial charge in [0.05, 0.1) is 6.54 Å². The number of carboxylic acid groups (broad SMARTS) is 1. The molecular formula is C9H14N2O4. The van der Waals surface area contributed by atoms with Crippen LogP contribution in [0.2, 0.25) is 0 Å². The Kier molecular flexibility index (Phi) is 4.11. The molecule has 0 bridgehead atoms. The first-order chi connectivity index (χ1) is 7.09. The summed E-state index contributed by atoms with van der Waals surface area (Å²) >= 11 is 0. The summed E-state index contributed by atoms with van der Waals surface area (Å²) in [6.45, 7) is -0.290. The Morgan fingerprint density at radius 1 is 1.40 bits per heavy atom. The zero-order valence-electron chi connectivity index (χ0n) is 8.14. The molecule has 0 unspecified atom stereocenters. The third-order valence-corrected chi connectivity index (χ3v) is 2.08. The number of rotatable bonds is 4. The van der Waals surface area contributed by atoms with Crippen LogP contribution < -0.4 is 10.6 Å². The number of urea groups is 1. The van der Waals surface area contributed by atoms with Gasteiger partial charge in [0.1, 0.15) is 0 Å². The maximum atomic E-state index is 11.2. The van der Waals surface area contributed by atoms with Crippen molar-refractivity contribution in [3.05, 3.63) is 12.2 Å². The number of carboxylic acids is 1. The topological polar surface area (TPSA) is 98.7 Å². The number of carbonyl (C=O) groups is 2. The van der Waals surface area contributed by atoms with E-state index in [1.807, 2.05) is 12.2 Å². The minimum Gasteiger partial charge on any atom is -0.479 e. The molecule has 0 spiro atoms. The number of aliphatic hydroxyl groups is 1. The van der Waals surface area contributed by atoms with E-state index in [-0.39, 0.29) is 12.6 Å². The average Bonchev–Trinajstić information content (AvgIpc) is 2.66. The zero-order chi connectivity index (χ0) is 11.3. The van der Waals surface area contributed by atoms with E-state index in [0.717, 1.165) is 12.8 Å². The number of amides is 2. The van der Waals surface area contributed by atoms with Crippen molar-refractivity contribution < 1.29 is 19.8 Å². The van der Waals surface area contributed by atoms with Gasteiger partial charge in [-0.2, -0.15) is 0 Å². The van der Waals surface area contributed by atoms with Crippen molar-refractivity contribution in [3.8, 4) is 0 Å². The van der Waals surface area contributed by atoms with Gasteiger partial charge in [-0.15, -0.1) is 0 Å². The molecule has 84 valence electrons. The van der Waals surface area contributed by atoms with Crippen LogP contribution in [0.4, 0.5) is 4.79 Å². The molecule has 0 radical (unpaired) electrons. The van der Waals surface area contributed by atoms with Gasteiger partial charge in [-0.3, -0.25) is 0 Å². The lowest BCUT2D eigenvalue weighted by atomic mass is 10.2. The Balaban J connectivity index is 2.16. The molecule has 0 aromatic heterocycles. The molecule has 0 fully saturated rings. The van der Waals surface area contributed by atoms with Crippen LogP contribution in [0, 0.1) is 0 Å². The molecule has 1 aliphatic rings. The van der Waals surface area contributed by atoms with Crippen LogP contribution in [0.3, 0.4) is 0 Å². The zero-order valence-corrected chi connectivity index (χ0v) is 8.14. The Bertz CT molecular complexity index is 269. The number of hydrogen-bond acceptors (Lipinski definition) is 3. The van der Waals surface area contributed by atoms with Crippen molar-refractivity contribution >= 4 is 12.0 Å². The molecule has 6 heteroatoms. The van der Waals surface area contributed by atoms with Crippen LogP contribution in [-0.4, -0.2) is 40.9 Å². The monoisotopic (exact) mass is 214 g/mol. The van der Waals surface area contributed by atoms with E-state index in [2.05, 4.69) is 10.6 Å². The predicted octanol–water partition coefficient (Wildman–Crippen LogP) is -0.550. The Hall–Kier alpha value is -1.56. The number of aliphatic carboxylic acids is 1. The molecule has 15 heavy (non-hydrogen) atoms. The second-order valence-corrected chi connectivity index (χ2v) is 3.35. The van der Waals surface area contributed by atoms with E-state index >= 15 is 0 Å². The summed E-state index contributed by atoms with van der Waals surface area (Å²) in [4.78, 5) is 21.4. The number of carbonyl (C=O) groups excluding carboxylic acids is 1. The highest BCUT2D eigenvalue weighted by Crippen LogP contribution is 2.08. The standard InChI is InChI=1S/C9H14N2O4/c12-7(8(13)14)5-10-9(15)11-6-3-1-2-4-6/h1-2,6-7,12H,3-5H2,(H,13,14)(H2,10,11,15)/t7-/m0/s1. The normalized spacial score (nSPS) is 17.4. The van der Waals surface area contributed by atoms with Crippen LogP contribution in [0.25, 0.3) is 0 Å². The summed E-state index contributed by atoms with van der Waals surface area (Å²) in [5, 5.41) is 22.2. The fourth-order valence-corrected chi connectivity index (χ4v) is 1.25. The maximum Gasteiger partial charge on any atom is 0.334 e. The van der Waals surface area contributed by atoms with Crippen molar-refractivity contribution in [3.63, 3.8) is 0 Å². The highest BCUT2D eigenvalue weighted by Gasteiger charge is 2.16. The van der Waals surface area contributed by atoms with Crippen molar-refractivity contribution in [2.45, 2.75) is 25.0 Å². The van der Waals surface area contributed by atoms with E-state index < -0.39 is 18.1 Å². The summed E-state index contributed by atoms with van der Waals surface area (Å²) < 4.78 is 0. The molecule has 0 aromatic carbocycles. The van der Waals surface area contributed by atoms with Crippen molar-refractivity contribution in [2.75, 3.05) is 6.54 Å². The largest absolute Gasteiger partial charge is 0.479 e. The molecule has 0 aliphatic heterocycles. The summed E-state index contributed by atoms with van der Waals surface area (Å²) in [6.07, 6.45) is 3.95. The lowest BCUT2D eigenvalue weighted by molar-refractivity contribution is -0.146.